The molecule has 0 aromatic heterocycles. The van der Waals surface area contributed by atoms with Crippen LogP contribution in [0.25, 0.3) is 0 Å². The Balaban J connectivity index is 1.58. The van der Waals surface area contributed by atoms with Crippen molar-refractivity contribution >= 4 is 116 Å². The minimum Gasteiger partial charge on any atom is -0.466 e. The van der Waals surface area contributed by atoms with Gasteiger partial charge in [-0.05, 0) is 6.92 Å². The Morgan fingerprint density at radius 3 is 1.90 bits per heavy atom. The third-order valence-corrected chi connectivity index (χ3v) is 16.2. The van der Waals surface area contributed by atoms with E-state index in [0.29, 0.717) is 0 Å². The topological polar surface area (TPSA) is 63.6 Å². The number of aliphatic hydroxyl groups is 1. The molecule has 0 aromatic rings. The van der Waals surface area contributed by atoms with E-state index in [0.717, 1.165) is 0 Å². The molecule has 0 radical (unpaired) electrons. The summed E-state index contributed by atoms with van der Waals surface area (Å²) in [7, 11) is 0. The number of hydrogen-bond acceptors (Lipinski definition) is 4. The van der Waals surface area contributed by atoms with Gasteiger partial charge in [-0.1, -0.05) is 23.2 Å². The monoisotopic (exact) mass is 596 g/mol. The molecule has 0 heterocycles. The van der Waals surface area contributed by atoms with Crippen molar-refractivity contribution in [3.05, 3.63) is 0 Å². The number of hydrogen-bond donors (Lipinski definition) is 1. The summed E-state index contributed by atoms with van der Waals surface area (Å²) in [4.78, 5) is 11.4. The molecule has 1 N–H and O–H groups in total. The van der Waals surface area contributed by atoms with Crippen LogP contribution in [0.5, 0.6) is 0 Å². The highest BCUT2D eigenvalue weighted by Gasteiger charge is 3.28. The van der Waals surface area contributed by atoms with Crippen molar-refractivity contribution in [1.29, 1.82) is 0 Å². The molecule has 6 saturated carbocycles. The molecule has 6 aliphatic rings. The molecule has 4 nitrogen and oxygen atoms in total. The molecule has 0 saturated heterocycles. The molecular formula is C17H13Cl9O4. The van der Waals surface area contributed by atoms with Gasteiger partial charge in [0.05, 0.1) is 17.9 Å². The number of carbonyl (C=O) groups is 2. The molecule has 0 amide bonds. The predicted molar refractivity (Wildman–Crippen MR) is 118 cm³/mol. The van der Waals surface area contributed by atoms with Gasteiger partial charge in [0.1, 0.15) is 40.6 Å². The Morgan fingerprint density at radius 2 is 1.37 bits per heavy atom. The normalized spacial score (nSPS) is 62.3. The summed E-state index contributed by atoms with van der Waals surface area (Å²) in [6.07, 6.45) is -0.949. The van der Waals surface area contributed by atoms with E-state index in [-0.39, 0.29) is 19.4 Å². The van der Waals surface area contributed by atoms with Gasteiger partial charge in [0.25, 0.3) is 0 Å². The van der Waals surface area contributed by atoms with E-state index in [1.807, 2.05) is 0 Å². The summed E-state index contributed by atoms with van der Waals surface area (Å²) in [6, 6.07) is 0. The number of ketones is 1. The Hall–Kier alpha value is 1.71. The van der Waals surface area contributed by atoms with Crippen molar-refractivity contribution in [3.63, 3.8) is 0 Å². The molecule has 168 valence electrons. The Morgan fingerprint density at radius 1 is 0.800 bits per heavy atom. The first kappa shape index (κ1) is 23.5. The minimum absolute atomic E-state index is 0.174. The van der Waals surface area contributed by atoms with Crippen LogP contribution in [-0.4, -0.2) is 67.5 Å². The maximum Gasteiger partial charge on any atom is 0.306 e. The second-order valence-electron chi connectivity index (χ2n) is 8.66. The van der Waals surface area contributed by atoms with Gasteiger partial charge in [-0.3, -0.25) is 9.59 Å². The summed E-state index contributed by atoms with van der Waals surface area (Å²) < 4.78 is 2.90. The summed E-state index contributed by atoms with van der Waals surface area (Å²) in [5, 5.41) is 11.8. The van der Waals surface area contributed by atoms with Crippen molar-refractivity contribution in [3.8, 4) is 0 Å². The standard InChI is InChI=1S/C17H13Cl9O4/c1-2-30-7(28)4-3-6(27)5-9(29)10(18)8-11(19)13(9,21)16(24)14(10,22)12(8,20)17(25,26)15(11,16)23/h8,29H,2-5H2,1H3. The number of carbonyl (C=O) groups excluding carboxylic acids is 2. The number of ether oxygens (including phenoxy) is 1. The van der Waals surface area contributed by atoms with E-state index in [2.05, 4.69) is 0 Å². The second kappa shape index (κ2) is 5.58. The zero-order valence-corrected chi connectivity index (χ0v) is 21.8. The molecular weight excluding hydrogens is 587 g/mol. The van der Waals surface area contributed by atoms with Crippen LogP contribution in [0.15, 0.2) is 0 Å². The molecule has 9 atom stereocenters. The van der Waals surface area contributed by atoms with E-state index in [4.69, 9.17) is 109 Å². The van der Waals surface area contributed by atoms with Crippen molar-refractivity contribution in [2.75, 3.05) is 6.61 Å². The Labute approximate surface area is 217 Å². The van der Waals surface area contributed by atoms with E-state index in [1.165, 1.54) is 0 Å². The fourth-order valence-electron chi connectivity index (χ4n) is 7.25. The van der Waals surface area contributed by atoms with Gasteiger partial charge in [-0.25, -0.2) is 0 Å². The van der Waals surface area contributed by atoms with Gasteiger partial charge < -0.3 is 9.84 Å². The first-order chi connectivity index (χ1) is 13.5. The zero-order valence-electron chi connectivity index (χ0n) is 15.0. The summed E-state index contributed by atoms with van der Waals surface area (Å²) in [5.41, 5.74) is -2.19. The summed E-state index contributed by atoms with van der Waals surface area (Å²) >= 11 is 61.7. The molecule has 6 aliphatic carbocycles. The molecule has 6 rings (SSSR count). The molecule has 4 bridgehead atoms. The minimum atomic E-state index is -2.19. The largest absolute Gasteiger partial charge is 0.466 e. The number of halogens is 9. The van der Waals surface area contributed by atoms with Crippen molar-refractivity contribution in [2.45, 2.75) is 70.2 Å². The lowest BCUT2D eigenvalue weighted by molar-refractivity contribution is -0.145. The maximum atomic E-state index is 12.7. The molecule has 13 heteroatoms. The zero-order chi connectivity index (χ0) is 22.8. The third-order valence-electron chi connectivity index (χ3n) is 8.05. The van der Waals surface area contributed by atoms with Crippen LogP contribution in [0.2, 0.25) is 0 Å². The SMILES string of the molecule is CCOC(=O)CCC(=O)CC1(O)C2(Cl)C3C4(Cl)C5(Cl)C(Cl)(Cl)C3(Cl)C2(Cl)C5(Cl)C14Cl. The van der Waals surface area contributed by atoms with Crippen molar-refractivity contribution in [2.24, 2.45) is 5.92 Å². The van der Waals surface area contributed by atoms with Crippen molar-refractivity contribution in [1.82, 2.24) is 0 Å². The van der Waals surface area contributed by atoms with Crippen LogP contribution in [0.1, 0.15) is 26.2 Å². The number of esters is 1. The van der Waals surface area contributed by atoms with Gasteiger partial charge >= 0.3 is 5.97 Å². The van der Waals surface area contributed by atoms with E-state index < -0.39 is 68.1 Å². The predicted octanol–water partition coefficient (Wildman–Crippen LogP) is 4.72. The van der Waals surface area contributed by atoms with Crippen LogP contribution >= 0.6 is 104 Å². The Kier molecular flexibility index (Phi) is 4.36. The van der Waals surface area contributed by atoms with Crippen LogP contribution in [0.3, 0.4) is 0 Å². The molecule has 6 fully saturated rings. The fourth-order valence-corrected chi connectivity index (χ4v) is 14.9. The van der Waals surface area contributed by atoms with Gasteiger partial charge in [-0.2, -0.15) is 0 Å². The highest BCUT2D eigenvalue weighted by Crippen LogP contribution is 3.10. The maximum absolute atomic E-state index is 12.7. The molecule has 0 spiro atoms. The van der Waals surface area contributed by atoms with Gasteiger partial charge in [0.15, 0.2) is 4.33 Å². The molecule has 9 unspecified atom stereocenters. The smallest absolute Gasteiger partial charge is 0.306 e. The van der Waals surface area contributed by atoms with Crippen molar-refractivity contribution < 1.29 is 19.4 Å². The summed E-state index contributed by atoms with van der Waals surface area (Å²) in [5.74, 6) is -2.10. The first-order valence-electron chi connectivity index (χ1n) is 9.06. The average Bonchev–Trinajstić information content (AvgIpc) is 2.89. The van der Waals surface area contributed by atoms with Crippen LogP contribution in [-0.2, 0) is 14.3 Å². The van der Waals surface area contributed by atoms with Crippen LogP contribution < -0.4 is 0 Å². The lowest BCUT2D eigenvalue weighted by Crippen LogP contribution is -2.98. The summed E-state index contributed by atoms with van der Waals surface area (Å²) in [6.45, 7) is 1.83. The van der Waals surface area contributed by atoms with E-state index in [1.54, 1.807) is 6.92 Å². The van der Waals surface area contributed by atoms with Crippen LogP contribution in [0.4, 0.5) is 0 Å². The van der Waals surface area contributed by atoms with E-state index >= 15 is 0 Å². The molecule has 0 aliphatic heterocycles. The molecule has 0 aromatic carbocycles. The van der Waals surface area contributed by atoms with Gasteiger partial charge in [-0.15, -0.1) is 81.2 Å². The lowest BCUT2D eigenvalue weighted by Gasteiger charge is -2.78. The lowest BCUT2D eigenvalue weighted by atomic mass is 9.42. The quantitative estimate of drug-likeness (QED) is 0.354. The number of Topliss-reactive ketones (excluding diaryl/α,β-unsaturated/α-hetero) is 1. The van der Waals surface area contributed by atoms with Gasteiger partial charge in [0, 0.05) is 18.8 Å². The highest BCUT2D eigenvalue weighted by molar-refractivity contribution is 6.74. The highest BCUT2D eigenvalue weighted by atomic mass is 35.5. The third kappa shape index (κ3) is 1.41. The van der Waals surface area contributed by atoms with Crippen LogP contribution in [0, 0.1) is 5.92 Å². The second-order valence-corrected chi connectivity index (χ2v) is 14.0. The fraction of sp³-hybridized carbons (Fsp3) is 0.882. The van der Waals surface area contributed by atoms with Gasteiger partial charge in [0.2, 0.25) is 0 Å². The number of alkyl halides is 9. The molecule has 30 heavy (non-hydrogen) atoms. The first-order valence-corrected chi connectivity index (χ1v) is 12.5. The van der Waals surface area contributed by atoms with E-state index in [9.17, 15) is 14.7 Å². The average molecular weight is 600 g/mol. The number of rotatable bonds is 6. The Bertz CT molecular complexity index is 948.